The van der Waals surface area contributed by atoms with Crippen molar-refractivity contribution >= 4 is 41.4 Å². The molecule has 7 heteroatoms. The van der Waals surface area contributed by atoms with E-state index in [1.54, 1.807) is 11.8 Å². The minimum Gasteiger partial charge on any atom is -0.466 e. The Morgan fingerprint density at radius 2 is 0.593 bits per heavy atom. The fourth-order valence-electron chi connectivity index (χ4n) is 6.58. The second kappa shape index (κ2) is 50.3. The average molecular weight is 801 g/mol. The van der Waals surface area contributed by atoms with E-state index >= 15 is 0 Å². The molecule has 0 saturated heterocycles. The molecular weight excluding hydrogens is 709 g/mol. The molecule has 0 atom stereocenters. The van der Waals surface area contributed by atoms with Gasteiger partial charge < -0.3 is 9.47 Å². The molecule has 54 heavy (non-hydrogen) atoms. The minimum atomic E-state index is -0.112. The van der Waals surface area contributed by atoms with E-state index in [1.165, 1.54) is 186 Å². The first kappa shape index (κ1) is 55.4. The third kappa shape index (κ3) is 53.4. The molecule has 322 valence electrons. The van der Waals surface area contributed by atoms with Crippen LogP contribution in [-0.2, 0) is 23.9 Å². The predicted octanol–water partition coefficient (Wildman–Crippen LogP) is 15.7. The quantitative estimate of drug-likeness (QED) is 0.0376. The van der Waals surface area contributed by atoms with Gasteiger partial charge in [0, 0.05) is 17.9 Å². The van der Waals surface area contributed by atoms with Crippen LogP contribution < -0.4 is 0 Å². The number of carbonyl (C=O) groups excluding carboxylic acids is 3. The van der Waals surface area contributed by atoms with Crippen LogP contribution in [0.1, 0.15) is 258 Å². The number of rotatable bonds is 43. The smallest absolute Gasteiger partial charge is 0.306 e. The Bertz CT molecular complexity index is 720. The molecule has 0 fully saturated rings. The molecule has 0 aliphatic rings. The molecule has 0 rings (SSSR count). The summed E-state index contributed by atoms with van der Waals surface area (Å²) in [6.45, 7) is 7.88. The number of unbranched alkanes of at least 4 members (excludes halogenated alkanes) is 31. The number of hydrogen-bond donors (Lipinski definition) is 1. The van der Waals surface area contributed by atoms with Crippen molar-refractivity contribution in [2.75, 3.05) is 24.7 Å². The van der Waals surface area contributed by atoms with Crippen LogP contribution in [0, 0.1) is 0 Å². The summed E-state index contributed by atoms with van der Waals surface area (Å²) in [5.74, 6) is 1.20. The van der Waals surface area contributed by atoms with Gasteiger partial charge in [-0.3, -0.25) is 14.4 Å². The van der Waals surface area contributed by atoms with E-state index in [-0.39, 0.29) is 17.1 Å². The average Bonchev–Trinajstić information content (AvgIpc) is 3.16. The Hall–Kier alpha value is -0.690. The Morgan fingerprint density at radius 3 is 0.852 bits per heavy atom. The summed E-state index contributed by atoms with van der Waals surface area (Å²) in [5, 5.41) is 0.0390. The first-order valence-corrected chi connectivity index (χ1v) is 25.2. The van der Waals surface area contributed by atoms with Gasteiger partial charge in [-0.2, -0.15) is 11.8 Å². The van der Waals surface area contributed by atoms with Gasteiger partial charge in [-0.15, -0.1) is 12.6 Å². The molecule has 0 bridgehead atoms. The number of hydrogen-bond acceptors (Lipinski definition) is 6. The summed E-state index contributed by atoms with van der Waals surface area (Å²) >= 11 is 5.40. The third-order valence-corrected chi connectivity index (χ3v) is 11.4. The van der Waals surface area contributed by atoms with Crippen LogP contribution >= 0.6 is 24.4 Å². The van der Waals surface area contributed by atoms with Crippen molar-refractivity contribution < 1.29 is 23.9 Å². The highest BCUT2D eigenvalue weighted by atomic mass is 32.2. The Kier molecular flexibility index (Phi) is 51.6. The molecule has 5 nitrogen and oxygen atoms in total. The van der Waals surface area contributed by atoms with Gasteiger partial charge in [-0.1, -0.05) is 220 Å². The number of thioether (sulfide) groups is 1. The zero-order chi connectivity index (χ0) is 39.8. The molecule has 0 amide bonds. The molecule has 0 aliphatic heterocycles. The van der Waals surface area contributed by atoms with Gasteiger partial charge in [-0.25, -0.2) is 0 Å². The summed E-state index contributed by atoms with van der Waals surface area (Å²) in [6, 6.07) is 0. The van der Waals surface area contributed by atoms with Crippen LogP contribution in [-0.4, -0.2) is 41.8 Å². The number of thiol groups is 1. The van der Waals surface area contributed by atoms with E-state index in [9.17, 15) is 14.4 Å². The van der Waals surface area contributed by atoms with E-state index < -0.39 is 0 Å². The van der Waals surface area contributed by atoms with Crippen LogP contribution in [0.2, 0.25) is 0 Å². The van der Waals surface area contributed by atoms with Crippen molar-refractivity contribution in [3.8, 4) is 0 Å². The van der Waals surface area contributed by atoms with E-state index in [4.69, 9.17) is 9.47 Å². The first-order valence-electron chi connectivity index (χ1n) is 23.6. The number of carbonyl (C=O) groups is 3. The summed E-state index contributed by atoms with van der Waals surface area (Å²) < 4.78 is 10.7. The number of ether oxygens (including phenoxy) is 2. The minimum absolute atomic E-state index is 0.0390. The lowest BCUT2D eigenvalue weighted by Gasteiger charge is -2.06. The predicted molar refractivity (Wildman–Crippen MR) is 241 cm³/mol. The highest BCUT2D eigenvalue weighted by Gasteiger charge is 2.06. The second-order valence-electron chi connectivity index (χ2n) is 15.7. The maximum absolute atomic E-state index is 11.8. The van der Waals surface area contributed by atoms with Crippen LogP contribution in [0.5, 0.6) is 0 Å². The number of esters is 2. The van der Waals surface area contributed by atoms with Crippen molar-refractivity contribution in [1.29, 1.82) is 0 Å². The molecule has 0 heterocycles. The Balaban J connectivity index is 0. The summed E-state index contributed by atoms with van der Waals surface area (Å²) in [6.07, 6.45) is 46.1. The van der Waals surface area contributed by atoms with Crippen molar-refractivity contribution in [1.82, 2.24) is 0 Å². The van der Waals surface area contributed by atoms with Crippen molar-refractivity contribution in [3.63, 3.8) is 0 Å². The highest BCUT2D eigenvalue weighted by molar-refractivity contribution is 7.99. The van der Waals surface area contributed by atoms with Gasteiger partial charge in [0.2, 0.25) is 0 Å². The molecule has 0 spiro atoms. The summed E-state index contributed by atoms with van der Waals surface area (Å²) in [7, 11) is 0. The molecule has 0 aromatic heterocycles. The van der Waals surface area contributed by atoms with Gasteiger partial charge in [0.05, 0.1) is 26.1 Å². The van der Waals surface area contributed by atoms with Crippen molar-refractivity contribution in [3.05, 3.63) is 0 Å². The zero-order valence-corrected chi connectivity index (χ0v) is 38.1. The largest absolute Gasteiger partial charge is 0.466 e. The van der Waals surface area contributed by atoms with Crippen molar-refractivity contribution in [2.24, 2.45) is 0 Å². The van der Waals surface area contributed by atoms with E-state index in [0.717, 1.165) is 32.1 Å². The van der Waals surface area contributed by atoms with E-state index in [2.05, 4.69) is 33.4 Å². The molecule has 0 aliphatic carbocycles. The second-order valence-corrected chi connectivity index (χ2v) is 17.4. The Labute approximate surface area is 347 Å². The molecule has 0 unspecified atom stereocenters. The van der Waals surface area contributed by atoms with E-state index in [0.29, 0.717) is 44.0 Å². The summed E-state index contributed by atoms with van der Waals surface area (Å²) in [5.41, 5.74) is 0. The molecule has 0 radical (unpaired) electrons. The monoisotopic (exact) mass is 801 g/mol. The first-order chi connectivity index (χ1) is 26.5. The highest BCUT2D eigenvalue weighted by Crippen LogP contribution is 2.15. The third-order valence-electron chi connectivity index (χ3n) is 10.2. The van der Waals surface area contributed by atoms with Gasteiger partial charge in [-0.05, 0) is 19.3 Å². The van der Waals surface area contributed by atoms with Gasteiger partial charge in [0.15, 0.2) is 5.12 Å². The molecule has 0 aromatic rings. The lowest BCUT2D eigenvalue weighted by atomic mass is 10.0. The lowest BCUT2D eigenvalue weighted by molar-refractivity contribution is -0.144. The molecular formula is C47H92O5S2. The maximum atomic E-state index is 11.8. The fraction of sp³-hybridized carbons (Fsp3) is 0.936. The van der Waals surface area contributed by atoms with Crippen molar-refractivity contribution in [2.45, 2.75) is 258 Å². The maximum Gasteiger partial charge on any atom is 0.306 e. The normalized spacial score (nSPS) is 11.0. The van der Waals surface area contributed by atoms with Crippen LogP contribution in [0.3, 0.4) is 0 Å². The lowest BCUT2D eigenvalue weighted by Crippen LogP contribution is -2.09. The zero-order valence-electron chi connectivity index (χ0n) is 36.4. The van der Waals surface area contributed by atoms with Crippen LogP contribution in [0.4, 0.5) is 0 Å². The standard InChI is InChI=1S/C32H62O4S.C15H30OS/c1-3-5-7-9-11-13-15-17-19-21-23-27-35-31(33)25-29-37-30-26-32(34)36-28-24-22-20-18-16-14-12-10-8-6-4-2;1-2-3-4-5-6-7-8-9-10-11-12-13-14-15(16)17/h3-30H2,1-2H3;2-14H2,1H3,(H,16,17). The SMILES string of the molecule is CCCCCCCCCCCCCCC(=O)S.CCCCCCCCCCCCCOC(=O)CCSCCC(=O)OCCCCCCCCCCCCC. The topological polar surface area (TPSA) is 69.7 Å². The van der Waals surface area contributed by atoms with Crippen LogP contribution in [0.15, 0.2) is 0 Å². The fourth-order valence-corrected chi connectivity index (χ4v) is 7.56. The van der Waals surface area contributed by atoms with Gasteiger partial charge in [0.25, 0.3) is 0 Å². The molecule has 0 saturated carbocycles. The van der Waals surface area contributed by atoms with Gasteiger partial charge >= 0.3 is 11.9 Å². The van der Waals surface area contributed by atoms with Gasteiger partial charge in [0.1, 0.15) is 0 Å². The molecule has 0 aromatic carbocycles. The summed E-state index contributed by atoms with van der Waals surface area (Å²) in [4.78, 5) is 34.3. The molecule has 0 N–H and O–H groups in total. The van der Waals surface area contributed by atoms with Crippen LogP contribution in [0.25, 0.3) is 0 Å². The van der Waals surface area contributed by atoms with E-state index in [1.807, 2.05) is 0 Å². The Morgan fingerprint density at radius 1 is 0.352 bits per heavy atom.